The number of aromatic nitrogens is 2. The van der Waals surface area contributed by atoms with Crippen LogP contribution in [-0.4, -0.2) is 67.8 Å². The summed E-state index contributed by atoms with van der Waals surface area (Å²) in [7, 11) is -8.22. The molecule has 2 aromatic heterocycles. The lowest BCUT2D eigenvalue weighted by Gasteiger charge is -2.22. The van der Waals surface area contributed by atoms with Crippen molar-refractivity contribution in [3.63, 3.8) is 0 Å². The van der Waals surface area contributed by atoms with Crippen molar-refractivity contribution < 1.29 is 16.8 Å². The second-order valence-corrected chi connectivity index (χ2v) is 12.2. The van der Waals surface area contributed by atoms with Crippen LogP contribution in [0.5, 0.6) is 0 Å². The number of rotatable bonds is 13. The minimum absolute atomic E-state index is 0.0320. The summed E-state index contributed by atoms with van der Waals surface area (Å²) in [4.78, 5) is 7.18. The molecule has 0 radical (unpaired) electrons. The van der Waals surface area contributed by atoms with Gasteiger partial charge in [-0.1, -0.05) is 24.3 Å². The van der Waals surface area contributed by atoms with Crippen LogP contribution in [0, 0.1) is 0 Å². The first kappa shape index (κ1) is 26.9. The maximum Gasteiger partial charge on any atom is 0.245 e. The summed E-state index contributed by atoms with van der Waals surface area (Å²) >= 11 is 1.43. The molecule has 0 aliphatic heterocycles. The van der Waals surface area contributed by atoms with Gasteiger partial charge in [-0.05, 0) is 24.5 Å². The Bertz CT molecular complexity index is 1490. The Morgan fingerprint density at radius 1 is 0.857 bits per heavy atom. The molecule has 0 atom stereocenters. The molecule has 0 bridgehead atoms. The highest BCUT2D eigenvalue weighted by Crippen LogP contribution is 2.35. The topological polar surface area (TPSA) is 103 Å². The normalized spacial score (nSPS) is 12.4. The van der Waals surface area contributed by atoms with E-state index in [-0.39, 0.29) is 36.0 Å². The lowest BCUT2D eigenvalue weighted by molar-refractivity contribution is 0.472. The highest BCUT2D eigenvalue weighted by molar-refractivity contribution is 7.98. The fourth-order valence-corrected chi connectivity index (χ4v) is 7.17. The predicted molar refractivity (Wildman–Crippen MR) is 144 cm³/mol. The van der Waals surface area contributed by atoms with E-state index in [1.165, 1.54) is 56.8 Å². The number of benzene rings is 1. The predicted octanol–water partition coefficient (Wildman–Crippen LogP) is 4.16. The minimum atomic E-state index is -4.14. The van der Waals surface area contributed by atoms with Gasteiger partial charge in [0, 0.05) is 37.0 Å². The van der Waals surface area contributed by atoms with Gasteiger partial charge in [-0.3, -0.25) is 0 Å². The van der Waals surface area contributed by atoms with Crippen LogP contribution in [-0.2, 0) is 20.0 Å². The molecular formula is C24H28N4O4S3. The smallest absolute Gasteiger partial charge is 0.245 e. The molecule has 186 valence electrons. The molecule has 1 N–H and O–H groups in total. The average Bonchev–Trinajstić information content (AvgIpc) is 3.20. The van der Waals surface area contributed by atoms with Gasteiger partial charge in [0.1, 0.15) is 4.90 Å². The van der Waals surface area contributed by atoms with E-state index in [1.807, 2.05) is 12.3 Å². The number of pyridine rings is 1. The summed E-state index contributed by atoms with van der Waals surface area (Å²) in [6, 6.07) is 4.50. The van der Waals surface area contributed by atoms with Gasteiger partial charge in [0.25, 0.3) is 0 Å². The van der Waals surface area contributed by atoms with Crippen LogP contribution >= 0.6 is 11.8 Å². The van der Waals surface area contributed by atoms with Gasteiger partial charge in [0.05, 0.1) is 27.2 Å². The number of fused-ring (bicyclic) bond motifs is 3. The lowest BCUT2D eigenvalue weighted by Crippen LogP contribution is -2.33. The zero-order chi connectivity index (χ0) is 25.8. The molecule has 0 unspecified atom stereocenters. The van der Waals surface area contributed by atoms with Crippen LogP contribution in [0.25, 0.3) is 21.8 Å². The number of hydrogen-bond acceptors (Lipinski definition) is 6. The molecule has 0 saturated heterocycles. The molecule has 35 heavy (non-hydrogen) atoms. The van der Waals surface area contributed by atoms with E-state index in [4.69, 9.17) is 0 Å². The van der Waals surface area contributed by atoms with Crippen molar-refractivity contribution in [2.24, 2.45) is 0 Å². The molecule has 2 heterocycles. The fraction of sp³-hybridized carbons (Fsp3) is 0.208. The van der Waals surface area contributed by atoms with Crippen molar-refractivity contribution in [1.29, 1.82) is 0 Å². The van der Waals surface area contributed by atoms with E-state index in [2.05, 4.69) is 36.3 Å². The van der Waals surface area contributed by atoms with E-state index in [9.17, 15) is 16.8 Å². The molecule has 3 aromatic rings. The molecule has 8 nitrogen and oxygen atoms in total. The summed E-state index contributed by atoms with van der Waals surface area (Å²) in [5.74, 6) is 0. The number of nitrogens with one attached hydrogen (secondary N) is 1. The van der Waals surface area contributed by atoms with Gasteiger partial charge in [-0.15, -0.1) is 38.1 Å². The third kappa shape index (κ3) is 5.14. The molecule has 0 aliphatic rings. The molecule has 0 amide bonds. The summed E-state index contributed by atoms with van der Waals surface area (Å²) < 4.78 is 57.1. The van der Waals surface area contributed by atoms with Crippen LogP contribution < -0.4 is 0 Å². The van der Waals surface area contributed by atoms with Crippen LogP contribution in [0.4, 0.5) is 0 Å². The van der Waals surface area contributed by atoms with E-state index in [0.717, 1.165) is 5.03 Å². The van der Waals surface area contributed by atoms with E-state index < -0.39 is 20.0 Å². The zero-order valence-electron chi connectivity index (χ0n) is 19.5. The lowest BCUT2D eigenvalue weighted by atomic mass is 10.2. The molecule has 0 saturated carbocycles. The highest BCUT2D eigenvalue weighted by atomic mass is 32.2. The van der Waals surface area contributed by atoms with Crippen molar-refractivity contribution in [3.8, 4) is 0 Å². The third-order valence-electron chi connectivity index (χ3n) is 5.30. The Hall–Kier alpha value is -2.70. The Labute approximate surface area is 210 Å². The van der Waals surface area contributed by atoms with Gasteiger partial charge in [0.15, 0.2) is 0 Å². The Morgan fingerprint density at radius 3 is 1.91 bits per heavy atom. The molecule has 3 rings (SSSR count). The van der Waals surface area contributed by atoms with Crippen LogP contribution in [0.1, 0.15) is 0 Å². The van der Waals surface area contributed by atoms with Crippen LogP contribution in [0.15, 0.2) is 89.8 Å². The van der Waals surface area contributed by atoms with Crippen molar-refractivity contribution in [2.75, 3.05) is 32.4 Å². The Kier molecular flexibility index (Phi) is 8.39. The summed E-state index contributed by atoms with van der Waals surface area (Å²) in [6.07, 6.45) is 9.35. The summed E-state index contributed by atoms with van der Waals surface area (Å²) in [5, 5.41) is 1.86. The van der Waals surface area contributed by atoms with Crippen molar-refractivity contribution in [3.05, 3.63) is 75.0 Å². The fourth-order valence-electron chi connectivity index (χ4n) is 3.69. The van der Waals surface area contributed by atoms with E-state index >= 15 is 0 Å². The maximum absolute atomic E-state index is 13.8. The number of thioether (sulfide) groups is 1. The second-order valence-electron chi connectivity index (χ2n) is 7.54. The number of aromatic amines is 1. The van der Waals surface area contributed by atoms with Gasteiger partial charge in [0.2, 0.25) is 20.0 Å². The van der Waals surface area contributed by atoms with Gasteiger partial charge < -0.3 is 4.98 Å². The number of H-pyrrole nitrogens is 1. The first-order valence-electron chi connectivity index (χ1n) is 10.6. The SMILES string of the molecule is C=CCN(CC=C)S(=O)(=O)c1cc(S(=O)(=O)N(CC=C)CC=C)c2[nH]c3cnc(SC)cc3c2c1. The standard InChI is InChI=1S/C24H28N4O4S3/c1-6-10-27(11-7-2)34(29,30)18-14-20-19-16-23(33-5)25-17-21(19)26-24(20)22(15-18)35(31,32)28(12-8-3)13-9-4/h6-9,14-17,26H,1-4,10-13H2,5H3. The molecule has 1 aromatic carbocycles. The van der Waals surface area contributed by atoms with Crippen molar-refractivity contribution in [2.45, 2.75) is 14.8 Å². The Balaban J connectivity index is 2.44. The third-order valence-corrected chi connectivity index (χ3v) is 9.61. The Morgan fingerprint density at radius 2 is 1.40 bits per heavy atom. The summed E-state index contributed by atoms with van der Waals surface area (Å²) in [5.41, 5.74) is 0.896. The van der Waals surface area contributed by atoms with Crippen LogP contribution in [0.2, 0.25) is 0 Å². The van der Waals surface area contributed by atoms with Gasteiger partial charge in [-0.2, -0.15) is 8.61 Å². The molecule has 0 fully saturated rings. The largest absolute Gasteiger partial charge is 0.352 e. The van der Waals surface area contributed by atoms with Gasteiger partial charge in [-0.25, -0.2) is 21.8 Å². The monoisotopic (exact) mass is 532 g/mol. The molecular weight excluding hydrogens is 504 g/mol. The molecule has 0 spiro atoms. The second kappa shape index (κ2) is 10.9. The molecule has 0 aliphatic carbocycles. The first-order chi connectivity index (χ1) is 16.6. The van der Waals surface area contributed by atoms with E-state index in [1.54, 1.807) is 6.20 Å². The number of sulfonamides is 2. The first-order valence-corrected chi connectivity index (χ1v) is 14.7. The quantitative estimate of drug-likeness (QED) is 0.262. The van der Waals surface area contributed by atoms with E-state index in [0.29, 0.717) is 21.8 Å². The number of nitrogens with zero attached hydrogens (tertiary/aromatic N) is 3. The zero-order valence-corrected chi connectivity index (χ0v) is 21.9. The number of hydrogen-bond donors (Lipinski definition) is 1. The van der Waals surface area contributed by atoms with Crippen molar-refractivity contribution >= 4 is 53.6 Å². The van der Waals surface area contributed by atoms with Crippen LogP contribution in [0.3, 0.4) is 0 Å². The molecule has 11 heteroatoms. The maximum atomic E-state index is 13.8. The van der Waals surface area contributed by atoms with Gasteiger partial charge >= 0.3 is 0 Å². The summed E-state index contributed by atoms with van der Waals surface area (Å²) in [6.45, 7) is 14.7. The van der Waals surface area contributed by atoms with Crippen molar-refractivity contribution in [1.82, 2.24) is 18.6 Å². The minimum Gasteiger partial charge on any atom is -0.352 e. The average molecular weight is 533 g/mol. The highest BCUT2D eigenvalue weighted by Gasteiger charge is 2.31.